The van der Waals surface area contributed by atoms with Crippen molar-refractivity contribution in [3.63, 3.8) is 0 Å². The second kappa shape index (κ2) is 7.39. The molecule has 1 amide bonds. The lowest BCUT2D eigenvalue weighted by Crippen LogP contribution is -2.16. The number of nitrogens with zero attached hydrogens (tertiary/aromatic N) is 2. The number of carbonyl (C=O) groups excluding carboxylic acids is 1. The van der Waals surface area contributed by atoms with Crippen molar-refractivity contribution in [2.75, 3.05) is 7.11 Å². The Morgan fingerprint density at radius 3 is 2.54 bits per heavy atom. The van der Waals surface area contributed by atoms with Crippen LogP contribution in [0.2, 0.25) is 0 Å². The summed E-state index contributed by atoms with van der Waals surface area (Å²) in [6.45, 7) is 3.53. The molecule has 0 atom stereocenters. The van der Waals surface area contributed by atoms with E-state index in [-0.39, 0.29) is 28.5 Å². The molecular formula is C19H17N3O6. The van der Waals surface area contributed by atoms with Crippen LogP contribution in [0.25, 0.3) is 11.0 Å². The Kier molecular flexibility index (Phi) is 4.99. The van der Waals surface area contributed by atoms with Crippen molar-refractivity contribution in [2.45, 2.75) is 13.8 Å². The highest BCUT2D eigenvalue weighted by molar-refractivity contribution is 5.98. The van der Waals surface area contributed by atoms with Crippen molar-refractivity contribution in [1.82, 2.24) is 5.43 Å². The molecule has 0 saturated carbocycles. The van der Waals surface area contributed by atoms with E-state index in [2.05, 4.69) is 10.5 Å². The Morgan fingerprint density at radius 2 is 1.93 bits per heavy atom. The number of aromatic hydroxyl groups is 1. The van der Waals surface area contributed by atoms with Gasteiger partial charge in [-0.1, -0.05) is 0 Å². The van der Waals surface area contributed by atoms with Crippen molar-refractivity contribution in [3.05, 3.63) is 62.9 Å². The fourth-order valence-electron chi connectivity index (χ4n) is 2.76. The van der Waals surface area contributed by atoms with Gasteiger partial charge in [0.15, 0.2) is 17.1 Å². The summed E-state index contributed by atoms with van der Waals surface area (Å²) in [5.74, 6) is -0.318. The summed E-state index contributed by atoms with van der Waals surface area (Å²) in [6, 6.07) is 7.35. The number of furan rings is 1. The molecule has 9 nitrogen and oxygen atoms in total. The van der Waals surface area contributed by atoms with Crippen molar-refractivity contribution in [3.8, 4) is 11.5 Å². The highest BCUT2D eigenvalue weighted by atomic mass is 16.6. The second-order valence-electron chi connectivity index (χ2n) is 6.14. The van der Waals surface area contributed by atoms with Gasteiger partial charge in [-0.15, -0.1) is 0 Å². The molecule has 2 N–H and O–H groups in total. The van der Waals surface area contributed by atoms with Gasteiger partial charge in [0.25, 0.3) is 5.69 Å². The first-order valence-electron chi connectivity index (χ1n) is 8.19. The van der Waals surface area contributed by atoms with E-state index in [0.29, 0.717) is 22.1 Å². The van der Waals surface area contributed by atoms with Gasteiger partial charge in [0.1, 0.15) is 5.75 Å². The SMILES string of the molecule is COc1cc([N+](=O)[O-])cc2cc(C(=O)N/N=C/c3cc(C)c(O)c(C)c3)oc12. The number of hydrazone groups is 1. The van der Waals surface area contributed by atoms with Gasteiger partial charge in [-0.05, 0) is 48.7 Å². The quantitative estimate of drug-likeness (QED) is 0.395. The number of non-ortho nitro benzene ring substituents is 1. The van der Waals surface area contributed by atoms with E-state index in [9.17, 15) is 20.0 Å². The maximum Gasteiger partial charge on any atom is 0.307 e. The number of benzene rings is 2. The third kappa shape index (κ3) is 3.63. The Labute approximate surface area is 159 Å². The van der Waals surface area contributed by atoms with Crippen LogP contribution in [0, 0.1) is 24.0 Å². The average molecular weight is 383 g/mol. The smallest absolute Gasteiger partial charge is 0.307 e. The van der Waals surface area contributed by atoms with E-state index in [4.69, 9.17) is 9.15 Å². The van der Waals surface area contributed by atoms with Gasteiger partial charge >= 0.3 is 5.91 Å². The number of amides is 1. The van der Waals surface area contributed by atoms with E-state index in [1.165, 1.54) is 31.5 Å². The molecule has 0 bridgehead atoms. The van der Waals surface area contributed by atoms with Gasteiger partial charge in [0.05, 0.1) is 24.3 Å². The van der Waals surface area contributed by atoms with Crippen LogP contribution >= 0.6 is 0 Å². The zero-order chi connectivity index (χ0) is 20.4. The van der Waals surface area contributed by atoms with Gasteiger partial charge in [0, 0.05) is 11.5 Å². The van der Waals surface area contributed by atoms with E-state index in [1.807, 2.05) is 0 Å². The highest BCUT2D eigenvalue weighted by Crippen LogP contribution is 2.33. The van der Waals surface area contributed by atoms with Crippen LogP contribution in [0.5, 0.6) is 11.5 Å². The summed E-state index contributed by atoms with van der Waals surface area (Å²) in [7, 11) is 1.35. The number of carbonyl (C=O) groups is 1. The van der Waals surface area contributed by atoms with Gasteiger partial charge in [-0.25, -0.2) is 5.43 Å². The van der Waals surface area contributed by atoms with Crippen molar-refractivity contribution < 1.29 is 24.0 Å². The first-order chi connectivity index (χ1) is 13.3. The van der Waals surface area contributed by atoms with Crippen LogP contribution in [0.15, 0.2) is 39.9 Å². The molecule has 0 fully saturated rings. The largest absolute Gasteiger partial charge is 0.507 e. The third-order valence-corrected chi connectivity index (χ3v) is 4.11. The highest BCUT2D eigenvalue weighted by Gasteiger charge is 2.19. The van der Waals surface area contributed by atoms with Crippen LogP contribution in [-0.4, -0.2) is 29.3 Å². The molecule has 144 valence electrons. The first-order valence-corrected chi connectivity index (χ1v) is 8.19. The number of aryl methyl sites for hydroxylation is 2. The molecule has 1 aromatic heterocycles. The van der Waals surface area contributed by atoms with E-state index in [1.54, 1.807) is 26.0 Å². The summed E-state index contributed by atoms with van der Waals surface area (Å²) in [5.41, 5.74) is 4.48. The molecule has 28 heavy (non-hydrogen) atoms. The Morgan fingerprint density at radius 1 is 1.25 bits per heavy atom. The third-order valence-electron chi connectivity index (χ3n) is 4.11. The molecular weight excluding hydrogens is 366 g/mol. The summed E-state index contributed by atoms with van der Waals surface area (Å²) < 4.78 is 10.6. The number of ether oxygens (including phenoxy) is 1. The zero-order valence-corrected chi connectivity index (χ0v) is 15.3. The molecule has 0 saturated heterocycles. The van der Waals surface area contributed by atoms with Gasteiger partial charge in [-0.2, -0.15) is 5.10 Å². The van der Waals surface area contributed by atoms with Crippen molar-refractivity contribution in [1.29, 1.82) is 0 Å². The number of phenols is 1. The predicted octanol–water partition coefficient (Wildman–Crippen LogP) is 3.44. The topological polar surface area (TPSA) is 127 Å². The monoisotopic (exact) mass is 383 g/mol. The second-order valence-corrected chi connectivity index (χ2v) is 6.14. The summed E-state index contributed by atoms with van der Waals surface area (Å²) >= 11 is 0. The Balaban J connectivity index is 1.83. The van der Waals surface area contributed by atoms with Crippen LogP contribution in [0.4, 0.5) is 5.69 Å². The lowest BCUT2D eigenvalue weighted by molar-refractivity contribution is -0.384. The molecule has 0 radical (unpaired) electrons. The standard InChI is InChI=1S/C19H17N3O6/c1-10-4-12(5-11(2)17(10)23)9-20-21-19(24)16-7-13-6-14(22(25)26)8-15(27-3)18(13)28-16/h4-9,23H,1-3H3,(H,21,24)/b20-9+. The fraction of sp³-hybridized carbons (Fsp3) is 0.158. The maximum atomic E-state index is 12.3. The van der Waals surface area contributed by atoms with E-state index in [0.717, 1.165) is 0 Å². The first kappa shape index (κ1) is 18.9. The number of fused-ring (bicyclic) bond motifs is 1. The van der Waals surface area contributed by atoms with Gasteiger partial charge in [-0.3, -0.25) is 14.9 Å². The molecule has 0 aliphatic carbocycles. The average Bonchev–Trinajstić information content (AvgIpc) is 3.09. The number of nitrogens with one attached hydrogen (secondary N) is 1. The number of nitro groups is 1. The molecule has 0 unspecified atom stereocenters. The van der Waals surface area contributed by atoms with E-state index < -0.39 is 10.8 Å². The molecule has 3 rings (SSSR count). The number of nitro benzene ring substituents is 1. The summed E-state index contributed by atoms with van der Waals surface area (Å²) in [4.78, 5) is 22.7. The summed E-state index contributed by atoms with van der Waals surface area (Å²) in [5, 5.41) is 25.0. The number of rotatable bonds is 5. The van der Waals surface area contributed by atoms with Crippen LogP contribution in [-0.2, 0) is 0 Å². The lowest BCUT2D eigenvalue weighted by Gasteiger charge is -2.04. The van der Waals surface area contributed by atoms with Crippen LogP contribution in [0.1, 0.15) is 27.2 Å². The molecule has 1 heterocycles. The Hall–Kier alpha value is -3.88. The normalized spacial score (nSPS) is 11.1. The summed E-state index contributed by atoms with van der Waals surface area (Å²) in [6.07, 6.45) is 1.44. The Bertz CT molecular complexity index is 1090. The van der Waals surface area contributed by atoms with Crippen LogP contribution < -0.4 is 10.2 Å². The molecule has 0 aliphatic rings. The number of hydrogen-bond donors (Lipinski definition) is 2. The number of phenolic OH excluding ortho intramolecular Hbond substituents is 1. The molecule has 0 aliphatic heterocycles. The lowest BCUT2D eigenvalue weighted by atomic mass is 10.1. The van der Waals surface area contributed by atoms with E-state index >= 15 is 0 Å². The van der Waals surface area contributed by atoms with Crippen molar-refractivity contribution in [2.24, 2.45) is 5.10 Å². The fourth-order valence-corrected chi connectivity index (χ4v) is 2.76. The predicted molar refractivity (Wildman–Crippen MR) is 102 cm³/mol. The van der Waals surface area contributed by atoms with Crippen LogP contribution in [0.3, 0.4) is 0 Å². The minimum Gasteiger partial charge on any atom is -0.507 e. The minimum absolute atomic E-state index is 0.0657. The molecule has 2 aromatic carbocycles. The van der Waals surface area contributed by atoms with Gasteiger partial charge < -0.3 is 14.3 Å². The molecule has 0 spiro atoms. The number of methoxy groups -OCH3 is 1. The number of hydrogen-bond acceptors (Lipinski definition) is 7. The molecule has 3 aromatic rings. The van der Waals surface area contributed by atoms with Gasteiger partial charge in [0.2, 0.25) is 0 Å². The minimum atomic E-state index is -0.621. The maximum absolute atomic E-state index is 12.3. The van der Waals surface area contributed by atoms with Crippen molar-refractivity contribution >= 4 is 28.8 Å². The molecule has 9 heteroatoms. The zero-order valence-electron chi connectivity index (χ0n) is 15.3.